The average Bonchev–Trinajstić information content (AvgIpc) is 2.93. The van der Waals surface area contributed by atoms with Crippen LogP contribution in [0.25, 0.3) is 0 Å². The molecule has 5 heteroatoms. The fourth-order valence-electron chi connectivity index (χ4n) is 2.78. The molecular formula is C16H16Cl2N2O. The summed E-state index contributed by atoms with van der Waals surface area (Å²) in [6.07, 6.45) is 0.693. The highest BCUT2D eigenvalue weighted by Gasteiger charge is 2.31. The molecule has 0 radical (unpaired) electrons. The quantitative estimate of drug-likeness (QED) is 0.668. The third-order valence-corrected chi connectivity index (χ3v) is 4.77. The molecule has 0 bridgehead atoms. The lowest BCUT2D eigenvalue weighted by atomic mass is 9.89. The molecule has 3 rings (SSSR count). The summed E-state index contributed by atoms with van der Waals surface area (Å²) < 4.78 is 5.73. The highest BCUT2D eigenvalue weighted by molar-refractivity contribution is 6.42. The van der Waals surface area contributed by atoms with Crippen molar-refractivity contribution in [2.24, 2.45) is 5.84 Å². The number of para-hydroxylation sites is 1. The Morgan fingerprint density at radius 1 is 1.19 bits per heavy atom. The summed E-state index contributed by atoms with van der Waals surface area (Å²) in [5, 5.41) is 1.15. The Hall–Kier alpha value is -1.26. The van der Waals surface area contributed by atoms with E-state index in [9.17, 15) is 0 Å². The molecule has 110 valence electrons. The first kappa shape index (κ1) is 14.7. The second-order valence-electron chi connectivity index (χ2n) is 5.15. The number of hydrogen-bond donors (Lipinski definition) is 2. The van der Waals surface area contributed by atoms with Crippen LogP contribution in [0.5, 0.6) is 5.75 Å². The molecule has 0 fully saturated rings. The van der Waals surface area contributed by atoms with Crippen LogP contribution < -0.4 is 16.0 Å². The van der Waals surface area contributed by atoms with E-state index in [1.54, 1.807) is 6.07 Å². The van der Waals surface area contributed by atoms with E-state index in [4.69, 9.17) is 33.8 Å². The summed E-state index contributed by atoms with van der Waals surface area (Å²) in [6, 6.07) is 13.7. The summed E-state index contributed by atoms with van der Waals surface area (Å²) >= 11 is 12.3. The van der Waals surface area contributed by atoms with Gasteiger partial charge in [0.2, 0.25) is 0 Å². The van der Waals surface area contributed by atoms with E-state index in [1.165, 1.54) is 5.56 Å². The second kappa shape index (κ2) is 6.24. The Balaban J connectivity index is 1.85. The Morgan fingerprint density at radius 3 is 2.81 bits per heavy atom. The first-order valence-corrected chi connectivity index (χ1v) is 7.57. The number of nitrogens with one attached hydrogen (secondary N) is 1. The fraction of sp³-hybridized carbons (Fsp3) is 0.250. The van der Waals surface area contributed by atoms with Crippen LogP contribution in [0.1, 0.15) is 17.0 Å². The molecule has 0 aromatic heterocycles. The van der Waals surface area contributed by atoms with Crippen LogP contribution in [0.4, 0.5) is 0 Å². The lowest BCUT2D eigenvalue weighted by Gasteiger charge is -2.22. The van der Waals surface area contributed by atoms with Crippen molar-refractivity contribution in [1.82, 2.24) is 5.43 Å². The maximum absolute atomic E-state index is 6.27. The minimum atomic E-state index is 0.0321. The Morgan fingerprint density at radius 2 is 2.00 bits per heavy atom. The van der Waals surface area contributed by atoms with Gasteiger partial charge in [-0.3, -0.25) is 11.3 Å². The van der Waals surface area contributed by atoms with Crippen LogP contribution in [-0.2, 0) is 6.42 Å². The van der Waals surface area contributed by atoms with Crippen molar-refractivity contribution in [3.05, 3.63) is 63.6 Å². The van der Waals surface area contributed by atoms with Crippen molar-refractivity contribution in [1.29, 1.82) is 0 Å². The van der Waals surface area contributed by atoms with Gasteiger partial charge in [-0.1, -0.05) is 53.5 Å². The van der Waals surface area contributed by atoms with E-state index in [1.807, 2.05) is 30.3 Å². The van der Waals surface area contributed by atoms with E-state index in [-0.39, 0.29) is 12.0 Å². The van der Waals surface area contributed by atoms with Gasteiger partial charge in [0.05, 0.1) is 16.7 Å². The zero-order valence-corrected chi connectivity index (χ0v) is 12.9. The molecule has 0 amide bonds. The summed E-state index contributed by atoms with van der Waals surface area (Å²) in [7, 11) is 0. The fourth-order valence-corrected chi connectivity index (χ4v) is 3.18. The van der Waals surface area contributed by atoms with Gasteiger partial charge in [-0.15, -0.1) is 0 Å². The van der Waals surface area contributed by atoms with Crippen LogP contribution in [0.3, 0.4) is 0 Å². The SMILES string of the molecule is NNC(Cc1cccc(Cl)c1Cl)C1COc2ccccc21. The van der Waals surface area contributed by atoms with E-state index in [0.717, 1.165) is 11.3 Å². The van der Waals surface area contributed by atoms with Crippen molar-refractivity contribution in [2.45, 2.75) is 18.4 Å². The van der Waals surface area contributed by atoms with Crippen LogP contribution in [-0.4, -0.2) is 12.6 Å². The molecule has 2 aromatic carbocycles. The van der Waals surface area contributed by atoms with Gasteiger partial charge < -0.3 is 4.74 Å². The van der Waals surface area contributed by atoms with Gasteiger partial charge in [-0.2, -0.15) is 0 Å². The van der Waals surface area contributed by atoms with Crippen molar-refractivity contribution >= 4 is 23.2 Å². The van der Waals surface area contributed by atoms with Gasteiger partial charge in [-0.25, -0.2) is 0 Å². The van der Waals surface area contributed by atoms with Gasteiger partial charge in [0, 0.05) is 17.5 Å². The number of hydrazine groups is 1. The maximum Gasteiger partial charge on any atom is 0.122 e. The molecule has 3 N–H and O–H groups in total. The molecule has 0 saturated heterocycles. The third kappa shape index (κ3) is 2.87. The molecule has 1 aliphatic heterocycles. The summed E-state index contributed by atoms with van der Waals surface area (Å²) in [5.74, 6) is 6.89. The number of hydrogen-bond acceptors (Lipinski definition) is 3. The van der Waals surface area contributed by atoms with Crippen molar-refractivity contribution in [3.63, 3.8) is 0 Å². The topological polar surface area (TPSA) is 47.3 Å². The first-order valence-electron chi connectivity index (χ1n) is 6.81. The number of rotatable bonds is 4. The molecule has 2 atom stereocenters. The molecule has 0 aliphatic carbocycles. The van der Waals surface area contributed by atoms with Crippen molar-refractivity contribution in [2.75, 3.05) is 6.61 Å². The molecule has 3 nitrogen and oxygen atoms in total. The van der Waals surface area contributed by atoms with Gasteiger partial charge in [0.1, 0.15) is 5.75 Å². The summed E-state index contributed by atoms with van der Waals surface area (Å²) in [6.45, 7) is 0.617. The van der Waals surface area contributed by atoms with E-state index in [0.29, 0.717) is 23.1 Å². The van der Waals surface area contributed by atoms with E-state index < -0.39 is 0 Å². The van der Waals surface area contributed by atoms with Gasteiger partial charge in [0.15, 0.2) is 0 Å². The van der Waals surface area contributed by atoms with E-state index in [2.05, 4.69) is 11.5 Å². The highest BCUT2D eigenvalue weighted by Crippen LogP contribution is 2.37. The van der Waals surface area contributed by atoms with Crippen molar-refractivity contribution < 1.29 is 4.74 Å². The van der Waals surface area contributed by atoms with Gasteiger partial charge >= 0.3 is 0 Å². The summed E-state index contributed by atoms with van der Waals surface area (Å²) in [5.41, 5.74) is 5.06. The first-order chi connectivity index (χ1) is 10.2. The number of benzene rings is 2. The molecule has 0 saturated carbocycles. The number of halogens is 2. The minimum Gasteiger partial charge on any atom is -0.493 e. The predicted molar refractivity (Wildman–Crippen MR) is 86.0 cm³/mol. The second-order valence-corrected chi connectivity index (χ2v) is 5.93. The zero-order valence-electron chi connectivity index (χ0n) is 11.4. The maximum atomic E-state index is 6.27. The van der Waals surface area contributed by atoms with Crippen molar-refractivity contribution in [3.8, 4) is 5.75 Å². The van der Waals surface area contributed by atoms with Crippen LogP contribution in [0, 0.1) is 0 Å². The van der Waals surface area contributed by atoms with Crippen LogP contribution in [0.15, 0.2) is 42.5 Å². The number of nitrogens with two attached hydrogens (primary N) is 1. The van der Waals surface area contributed by atoms with Crippen LogP contribution in [0.2, 0.25) is 10.0 Å². The monoisotopic (exact) mass is 322 g/mol. The predicted octanol–water partition coefficient (Wildman–Crippen LogP) is 3.54. The molecule has 2 aromatic rings. The normalized spacial score (nSPS) is 18.1. The van der Waals surface area contributed by atoms with Gasteiger partial charge in [-0.05, 0) is 24.1 Å². The standard InChI is InChI=1S/C16H16Cl2N2O/c17-13-6-3-4-10(16(13)18)8-14(20-19)12-9-21-15-7-2-1-5-11(12)15/h1-7,12,14,20H,8-9,19H2. The molecule has 0 spiro atoms. The smallest absolute Gasteiger partial charge is 0.122 e. The Labute approximate surface area is 134 Å². The van der Waals surface area contributed by atoms with E-state index >= 15 is 0 Å². The lowest BCUT2D eigenvalue weighted by Crippen LogP contribution is -2.42. The number of ether oxygens (including phenoxy) is 1. The third-order valence-electron chi connectivity index (χ3n) is 3.91. The molecule has 1 heterocycles. The largest absolute Gasteiger partial charge is 0.493 e. The molecule has 1 aliphatic rings. The highest BCUT2D eigenvalue weighted by atomic mass is 35.5. The Kier molecular flexibility index (Phi) is 4.36. The molecular weight excluding hydrogens is 307 g/mol. The van der Waals surface area contributed by atoms with Crippen LogP contribution >= 0.6 is 23.2 Å². The average molecular weight is 323 g/mol. The summed E-state index contributed by atoms with van der Waals surface area (Å²) in [4.78, 5) is 0. The Bertz CT molecular complexity index is 648. The van der Waals surface area contributed by atoms with Gasteiger partial charge in [0.25, 0.3) is 0 Å². The lowest BCUT2D eigenvalue weighted by molar-refractivity contribution is 0.297. The number of fused-ring (bicyclic) bond motifs is 1. The zero-order chi connectivity index (χ0) is 14.8. The molecule has 21 heavy (non-hydrogen) atoms. The molecule has 2 unspecified atom stereocenters. The minimum absolute atomic E-state index is 0.0321.